The van der Waals surface area contributed by atoms with E-state index in [0.717, 1.165) is 33.2 Å². The molecule has 1 aliphatic rings. The molecule has 190 valence electrons. The van der Waals surface area contributed by atoms with Crippen molar-refractivity contribution in [2.45, 2.75) is 20.4 Å². The van der Waals surface area contributed by atoms with Gasteiger partial charge in [0.05, 0.1) is 18.4 Å². The fourth-order valence-electron chi connectivity index (χ4n) is 4.64. The first-order valence-corrected chi connectivity index (χ1v) is 12.4. The standard InChI is InChI=1S/C30H25N3O4S/c1-18-8-6-13-25(19(18)2)33-28(35)24(27(34)31-30(33)38)15-22-17-32(26-12-5-4-11-23(22)26)16-20-9-7-10-21(14-20)29(36)37-3/h4-15,17H,16H2,1-3H3,(H,31,34,38)/b24-15+. The molecule has 0 aliphatic carbocycles. The Bertz CT molecular complexity index is 1670. The van der Waals surface area contributed by atoms with Crippen LogP contribution in [0.5, 0.6) is 0 Å². The largest absolute Gasteiger partial charge is 0.465 e. The molecule has 2 heterocycles. The number of amides is 2. The smallest absolute Gasteiger partial charge is 0.337 e. The molecule has 2 amide bonds. The van der Waals surface area contributed by atoms with Crippen molar-refractivity contribution in [1.29, 1.82) is 0 Å². The molecule has 8 heteroatoms. The maximum absolute atomic E-state index is 13.6. The molecular formula is C30H25N3O4S. The number of para-hydroxylation sites is 1. The molecule has 4 aromatic rings. The molecule has 0 bridgehead atoms. The first-order valence-electron chi connectivity index (χ1n) is 12.0. The fourth-order valence-corrected chi connectivity index (χ4v) is 4.92. The summed E-state index contributed by atoms with van der Waals surface area (Å²) in [6.45, 7) is 4.36. The van der Waals surface area contributed by atoms with E-state index in [0.29, 0.717) is 17.8 Å². The average Bonchev–Trinajstić information content (AvgIpc) is 3.25. The quantitative estimate of drug-likeness (QED) is 0.174. The van der Waals surface area contributed by atoms with E-state index in [-0.39, 0.29) is 10.7 Å². The molecule has 7 nitrogen and oxygen atoms in total. The van der Waals surface area contributed by atoms with Crippen LogP contribution < -0.4 is 10.2 Å². The summed E-state index contributed by atoms with van der Waals surface area (Å²) < 4.78 is 6.87. The number of aromatic nitrogens is 1. The van der Waals surface area contributed by atoms with Crippen molar-refractivity contribution in [3.05, 3.63) is 106 Å². The summed E-state index contributed by atoms with van der Waals surface area (Å²) in [5, 5.41) is 3.61. The lowest BCUT2D eigenvalue weighted by Crippen LogP contribution is -2.54. The van der Waals surface area contributed by atoms with E-state index < -0.39 is 17.8 Å². The van der Waals surface area contributed by atoms with Gasteiger partial charge in [0.1, 0.15) is 5.57 Å². The summed E-state index contributed by atoms with van der Waals surface area (Å²) in [6, 6.07) is 20.6. The second kappa shape index (κ2) is 10.1. The van der Waals surface area contributed by atoms with Gasteiger partial charge in [0.25, 0.3) is 11.8 Å². The van der Waals surface area contributed by atoms with Crippen LogP contribution in [0.1, 0.15) is 32.6 Å². The highest BCUT2D eigenvalue weighted by atomic mass is 32.1. The third-order valence-corrected chi connectivity index (χ3v) is 7.02. The van der Waals surface area contributed by atoms with E-state index in [2.05, 4.69) is 5.32 Å². The number of carbonyl (C=O) groups excluding carboxylic acids is 3. The minimum atomic E-state index is -0.538. The number of hydrogen-bond donors (Lipinski definition) is 1. The topological polar surface area (TPSA) is 80.6 Å². The number of thiocarbonyl (C=S) groups is 1. The van der Waals surface area contributed by atoms with Gasteiger partial charge < -0.3 is 9.30 Å². The third-order valence-electron chi connectivity index (χ3n) is 6.74. The van der Waals surface area contributed by atoms with Gasteiger partial charge in [0.15, 0.2) is 5.11 Å². The van der Waals surface area contributed by atoms with E-state index >= 15 is 0 Å². The predicted molar refractivity (Wildman–Crippen MR) is 151 cm³/mol. The summed E-state index contributed by atoms with van der Waals surface area (Å²) in [5.41, 5.74) is 5.57. The van der Waals surface area contributed by atoms with E-state index in [1.165, 1.54) is 12.0 Å². The summed E-state index contributed by atoms with van der Waals surface area (Å²) in [7, 11) is 1.35. The number of anilines is 1. The molecule has 1 saturated heterocycles. The van der Waals surface area contributed by atoms with Gasteiger partial charge >= 0.3 is 5.97 Å². The molecule has 1 aromatic heterocycles. The van der Waals surface area contributed by atoms with E-state index in [1.807, 2.05) is 79.2 Å². The zero-order valence-electron chi connectivity index (χ0n) is 21.1. The number of carbonyl (C=O) groups is 3. The Balaban J connectivity index is 1.56. The molecule has 0 saturated carbocycles. The first kappa shape index (κ1) is 25.1. The Labute approximate surface area is 225 Å². The second-order valence-electron chi connectivity index (χ2n) is 9.10. The van der Waals surface area contributed by atoms with Gasteiger partial charge in [0.2, 0.25) is 0 Å². The van der Waals surface area contributed by atoms with Crippen LogP contribution in [-0.4, -0.2) is 34.6 Å². The van der Waals surface area contributed by atoms with Crippen molar-refractivity contribution in [3.63, 3.8) is 0 Å². The van der Waals surface area contributed by atoms with Crippen molar-refractivity contribution < 1.29 is 19.1 Å². The van der Waals surface area contributed by atoms with Crippen LogP contribution >= 0.6 is 12.2 Å². The second-order valence-corrected chi connectivity index (χ2v) is 9.49. The van der Waals surface area contributed by atoms with Crippen LogP contribution in [0.4, 0.5) is 5.69 Å². The van der Waals surface area contributed by atoms with Crippen LogP contribution in [0.25, 0.3) is 17.0 Å². The Morgan fingerprint density at radius 1 is 1.03 bits per heavy atom. The number of benzene rings is 3. The molecule has 1 aliphatic heterocycles. The third kappa shape index (κ3) is 4.50. The van der Waals surface area contributed by atoms with Gasteiger partial charge in [-0.1, -0.05) is 42.5 Å². The highest BCUT2D eigenvalue weighted by Gasteiger charge is 2.35. The Morgan fingerprint density at radius 3 is 2.58 bits per heavy atom. The summed E-state index contributed by atoms with van der Waals surface area (Å²) in [5.74, 6) is -1.41. The van der Waals surface area contributed by atoms with Gasteiger partial charge in [0, 0.05) is 29.2 Å². The lowest BCUT2D eigenvalue weighted by Gasteiger charge is -2.30. The van der Waals surface area contributed by atoms with Crippen LogP contribution in [0, 0.1) is 13.8 Å². The average molecular weight is 524 g/mol. The highest BCUT2D eigenvalue weighted by Crippen LogP contribution is 2.29. The highest BCUT2D eigenvalue weighted by molar-refractivity contribution is 7.80. The number of esters is 1. The van der Waals surface area contributed by atoms with Crippen molar-refractivity contribution >= 4 is 57.8 Å². The molecular weight excluding hydrogens is 498 g/mol. The minimum Gasteiger partial charge on any atom is -0.465 e. The molecule has 1 fully saturated rings. The number of aryl methyl sites for hydroxylation is 1. The molecule has 0 radical (unpaired) electrons. The molecule has 1 N–H and O–H groups in total. The van der Waals surface area contributed by atoms with Crippen molar-refractivity contribution in [2.75, 3.05) is 12.0 Å². The summed E-state index contributed by atoms with van der Waals surface area (Å²) >= 11 is 5.38. The van der Waals surface area contributed by atoms with Crippen LogP contribution in [0.15, 0.2) is 78.5 Å². The normalized spacial score (nSPS) is 14.8. The Morgan fingerprint density at radius 2 is 1.79 bits per heavy atom. The predicted octanol–water partition coefficient (Wildman–Crippen LogP) is 4.92. The monoisotopic (exact) mass is 523 g/mol. The SMILES string of the molecule is COC(=O)c1cccc(Cn2cc(/C=C3\C(=O)NC(=S)N(c4cccc(C)c4C)C3=O)c3ccccc32)c1. The van der Waals surface area contributed by atoms with Gasteiger partial charge in [-0.3, -0.25) is 19.8 Å². The van der Waals surface area contributed by atoms with E-state index in [9.17, 15) is 14.4 Å². The fraction of sp³-hybridized carbons (Fsp3) is 0.133. The lowest BCUT2D eigenvalue weighted by atomic mass is 10.0. The minimum absolute atomic E-state index is 0.00454. The maximum atomic E-state index is 13.6. The zero-order chi connectivity index (χ0) is 27.0. The van der Waals surface area contributed by atoms with Crippen molar-refractivity contribution in [1.82, 2.24) is 9.88 Å². The summed E-state index contributed by atoms with van der Waals surface area (Å²) in [4.78, 5) is 40.0. The number of hydrogen-bond acceptors (Lipinski definition) is 5. The van der Waals surface area contributed by atoms with Crippen LogP contribution in [0.2, 0.25) is 0 Å². The molecule has 0 atom stereocenters. The van der Waals surface area contributed by atoms with Gasteiger partial charge in [-0.25, -0.2) is 4.79 Å². The van der Waals surface area contributed by atoms with Crippen molar-refractivity contribution in [3.8, 4) is 0 Å². The molecule has 0 unspecified atom stereocenters. The molecule has 0 spiro atoms. The van der Waals surface area contributed by atoms with Gasteiger partial charge in [-0.05, 0) is 73.1 Å². The summed E-state index contributed by atoms with van der Waals surface area (Å²) in [6.07, 6.45) is 3.51. The number of fused-ring (bicyclic) bond motifs is 1. The van der Waals surface area contributed by atoms with Crippen LogP contribution in [0.3, 0.4) is 0 Å². The lowest BCUT2D eigenvalue weighted by molar-refractivity contribution is -0.122. The molecule has 3 aromatic carbocycles. The van der Waals surface area contributed by atoms with E-state index in [4.69, 9.17) is 17.0 Å². The number of nitrogens with one attached hydrogen (secondary N) is 1. The van der Waals surface area contributed by atoms with Crippen LogP contribution in [-0.2, 0) is 20.9 Å². The zero-order valence-corrected chi connectivity index (χ0v) is 22.0. The molecule has 5 rings (SSSR count). The Hall–Kier alpha value is -4.56. The van der Waals surface area contributed by atoms with Gasteiger partial charge in [-0.15, -0.1) is 0 Å². The van der Waals surface area contributed by atoms with Gasteiger partial charge in [-0.2, -0.15) is 0 Å². The van der Waals surface area contributed by atoms with Crippen molar-refractivity contribution in [2.24, 2.45) is 0 Å². The first-order chi connectivity index (χ1) is 18.3. The number of ether oxygens (including phenoxy) is 1. The van der Waals surface area contributed by atoms with E-state index in [1.54, 1.807) is 18.2 Å². The maximum Gasteiger partial charge on any atom is 0.337 e. The number of nitrogens with zero attached hydrogens (tertiary/aromatic N) is 2. The number of rotatable bonds is 5. The Kier molecular flexibility index (Phi) is 6.65. The molecule has 38 heavy (non-hydrogen) atoms. The number of methoxy groups -OCH3 is 1.